The highest BCUT2D eigenvalue weighted by Gasteiger charge is 2.17. The van der Waals surface area contributed by atoms with Crippen molar-refractivity contribution in [2.75, 3.05) is 52.4 Å². The molecular formula is C14H29N3O. The van der Waals surface area contributed by atoms with Gasteiger partial charge in [-0.3, -0.25) is 0 Å². The molecule has 18 heavy (non-hydrogen) atoms. The quantitative estimate of drug-likeness (QED) is 0.766. The van der Waals surface area contributed by atoms with E-state index >= 15 is 0 Å². The number of nitrogens with two attached hydrogens (primary N) is 1. The lowest BCUT2D eigenvalue weighted by molar-refractivity contribution is 0.0988. The molecule has 2 aliphatic rings. The Bertz CT molecular complexity index is 219. The Balaban J connectivity index is 1.58. The highest BCUT2D eigenvalue weighted by atomic mass is 16.5. The van der Waals surface area contributed by atoms with E-state index in [0.29, 0.717) is 6.10 Å². The summed E-state index contributed by atoms with van der Waals surface area (Å²) in [5.74, 6) is 0. The van der Waals surface area contributed by atoms with Gasteiger partial charge in [-0.15, -0.1) is 0 Å². The van der Waals surface area contributed by atoms with E-state index in [1.165, 1.54) is 64.8 Å². The van der Waals surface area contributed by atoms with Crippen molar-refractivity contribution in [2.24, 2.45) is 5.73 Å². The number of rotatable bonds is 6. The second-order valence-electron chi connectivity index (χ2n) is 5.60. The van der Waals surface area contributed by atoms with E-state index in [-0.39, 0.29) is 0 Å². The van der Waals surface area contributed by atoms with Crippen molar-refractivity contribution in [2.45, 2.75) is 38.2 Å². The molecular weight excluding hydrogens is 226 g/mol. The topological polar surface area (TPSA) is 41.7 Å². The predicted molar refractivity (Wildman–Crippen MR) is 74.8 cm³/mol. The summed E-state index contributed by atoms with van der Waals surface area (Å²) in [6, 6.07) is 0. The van der Waals surface area contributed by atoms with Crippen LogP contribution < -0.4 is 5.73 Å². The van der Waals surface area contributed by atoms with E-state index in [1.807, 2.05) is 0 Å². The van der Waals surface area contributed by atoms with E-state index in [4.69, 9.17) is 10.5 Å². The molecule has 2 saturated heterocycles. The van der Waals surface area contributed by atoms with E-state index in [2.05, 4.69) is 9.80 Å². The van der Waals surface area contributed by atoms with Crippen molar-refractivity contribution < 1.29 is 4.74 Å². The Labute approximate surface area is 111 Å². The molecule has 4 heteroatoms. The summed E-state index contributed by atoms with van der Waals surface area (Å²) < 4.78 is 5.68. The lowest BCUT2D eigenvalue weighted by Crippen LogP contribution is -2.34. The van der Waals surface area contributed by atoms with Gasteiger partial charge in [-0.1, -0.05) is 0 Å². The highest BCUT2D eigenvalue weighted by Crippen LogP contribution is 2.17. The fourth-order valence-electron chi connectivity index (χ4n) is 3.07. The van der Waals surface area contributed by atoms with Crippen LogP contribution in [0.2, 0.25) is 0 Å². The van der Waals surface area contributed by atoms with Crippen LogP contribution in [0.25, 0.3) is 0 Å². The first kappa shape index (κ1) is 14.3. The Hall–Kier alpha value is -0.160. The zero-order valence-electron chi connectivity index (χ0n) is 11.6. The van der Waals surface area contributed by atoms with Crippen LogP contribution in [0, 0.1) is 0 Å². The molecule has 2 rings (SSSR count). The molecule has 0 aromatic carbocycles. The summed E-state index contributed by atoms with van der Waals surface area (Å²) in [5.41, 5.74) is 5.63. The van der Waals surface area contributed by atoms with E-state index < -0.39 is 0 Å². The normalized spacial score (nSPS) is 27.5. The molecule has 0 amide bonds. The maximum atomic E-state index is 5.68. The Morgan fingerprint density at radius 2 is 1.78 bits per heavy atom. The zero-order valence-corrected chi connectivity index (χ0v) is 11.6. The Kier molecular flexibility index (Phi) is 6.41. The van der Waals surface area contributed by atoms with E-state index in [9.17, 15) is 0 Å². The number of nitrogens with zero attached hydrogens (tertiary/aromatic N) is 2. The monoisotopic (exact) mass is 255 g/mol. The predicted octanol–water partition coefficient (Wildman–Crippen LogP) is 0.912. The van der Waals surface area contributed by atoms with Gasteiger partial charge in [0.2, 0.25) is 0 Å². The van der Waals surface area contributed by atoms with Crippen molar-refractivity contribution in [1.29, 1.82) is 0 Å². The van der Waals surface area contributed by atoms with Crippen LogP contribution in [-0.4, -0.2) is 68.3 Å². The Morgan fingerprint density at radius 3 is 2.44 bits per heavy atom. The smallest absolute Gasteiger partial charge is 0.0576 e. The largest absolute Gasteiger partial charge is 0.378 e. The SMILES string of the molecule is NCCN1CCCN(CCCC2CCCO2)CC1. The summed E-state index contributed by atoms with van der Waals surface area (Å²) in [6.45, 7) is 8.97. The fourth-order valence-corrected chi connectivity index (χ4v) is 3.07. The molecule has 106 valence electrons. The van der Waals surface area contributed by atoms with Crippen molar-refractivity contribution in [3.8, 4) is 0 Å². The minimum Gasteiger partial charge on any atom is -0.378 e. The van der Waals surface area contributed by atoms with Gasteiger partial charge in [0.15, 0.2) is 0 Å². The summed E-state index contributed by atoms with van der Waals surface area (Å²) in [5, 5.41) is 0. The molecule has 0 spiro atoms. The molecule has 1 atom stereocenters. The van der Waals surface area contributed by atoms with Crippen molar-refractivity contribution >= 4 is 0 Å². The van der Waals surface area contributed by atoms with Crippen molar-refractivity contribution in [1.82, 2.24) is 9.80 Å². The average Bonchev–Trinajstić information content (AvgIpc) is 2.78. The van der Waals surface area contributed by atoms with Gasteiger partial charge in [-0.05, 0) is 51.7 Å². The summed E-state index contributed by atoms with van der Waals surface area (Å²) >= 11 is 0. The molecule has 0 aromatic rings. The van der Waals surface area contributed by atoms with Crippen LogP contribution in [0.1, 0.15) is 32.1 Å². The van der Waals surface area contributed by atoms with Gasteiger partial charge < -0.3 is 20.3 Å². The molecule has 0 radical (unpaired) electrons. The van der Waals surface area contributed by atoms with Crippen LogP contribution in [0.5, 0.6) is 0 Å². The third-order valence-corrected chi connectivity index (χ3v) is 4.15. The third kappa shape index (κ3) is 4.84. The molecule has 4 nitrogen and oxygen atoms in total. The van der Waals surface area contributed by atoms with Crippen LogP contribution in [0.15, 0.2) is 0 Å². The third-order valence-electron chi connectivity index (χ3n) is 4.15. The van der Waals surface area contributed by atoms with Gasteiger partial charge in [0.25, 0.3) is 0 Å². The van der Waals surface area contributed by atoms with Crippen LogP contribution in [0.4, 0.5) is 0 Å². The molecule has 2 heterocycles. The lowest BCUT2D eigenvalue weighted by atomic mass is 10.1. The maximum Gasteiger partial charge on any atom is 0.0576 e. The second-order valence-corrected chi connectivity index (χ2v) is 5.60. The maximum absolute atomic E-state index is 5.68. The first-order valence-corrected chi connectivity index (χ1v) is 7.65. The van der Waals surface area contributed by atoms with Crippen LogP contribution in [-0.2, 0) is 4.74 Å². The van der Waals surface area contributed by atoms with Gasteiger partial charge in [0.05, 0.1) is 6.10 Å². The standard InChI is InChI=1S/C14H29N3O/c15-6-10-17-9-3-8-16(11-12-17)7-1-4-14-5-2-13-18-14/h14H,1-13,15H2. The number of hydrogen-bond donors (Lipinski definition) is 1. The fraction of sp³-hybridized carbons (Fsp3) is 1.00. The first-order chi connectivity index (χ1) is 8.88. The molecule has 0 aliphatic carbocycles. The second kappa shape index (κ2) is 8.10. The van der Waals surface area contributed by atoms with Gasteiger partial charge in [0, 0.05) is 32.8 Å². The number of hydrogen-bond acceptors (Lipinski definition) is 4. The van der Waals surface area contributed by atoms with Crippen molar-refractivity contribution in [3.05, 3.63) is 0 Å². The van der Waals surface area contributed by atoms with Gasteiger partial charge in [-0.25, -0.2) is 0 Å². The summed E-state index contributed by atoms with van der Waals surface area (Å²) in [7, 11) is 0. The molecule has 2 N–H and O–H groups in total. The van der Waals surface area contributed by atoms with Gasteiger partial charge >= 0.3 is 0 Å². The summed E-state index contributed by atoms with van der Waals surface area (Å²) in [6.07, 6.45) is 6.95. The highest BCUT2D eigenvalue weighted by molar-refractivity contribution is 4.71. The van der Waals surface area contributed by atoms with E-state index in [1.54, 1.807) is 0 Å². The lowest BCUT2D eigenvalue weighted by Gasteiger charge is -2.21. The average molecular weight is 255 g/mol. The minimum absolute atomic E-state index is 0.561. The molecule has 1 unspecified atom stereocenters. The zero-order chi connectivity index (χ0) is 12.6. The van der Waals surface area contributed by atoms with Crippen molar-refractivity contribution in [3.63, 3.8) is 0 Å². The summed E-state index contributed by atoms with van der Waals surface area (Å²) in [4.78, 5) is 5.12. The first-order valence-electron chi connectivity index (χ1n) is 7.65. The van der Waals surface area contributed by atoms with Crippen LogP contribution >= 0.6 is 0 Å². The van der Waals surface area contributed by atoms with Gasteiger partial charge in [0.1, 0.15) is 0 Å². The number of ether oxygens (including phenoxy) is 1. The minimum atomic E-state index is 0.561. The molecule has 0 aromatic heterocycles. The van der Waals surface area contributed by atoms with E-state index in [0.717, 1.165) is 19.7 Å². The molecule has 2 fully saturated rings. The molecule has 0 saturated carbocycles. The molecule has 2 aliphatic heterocycles. The van der Waals surface area contributed by atoms with Gasteiger partial charge in [-0.2, -0.15) is 0 Å². The Morgan fingerprint density at radius 1 is 1.00 bits per heavy atom. The molecule has 0 bridgehead atoms. The van der Waals surface area contributed by atoms with Crippen LogP contribution in [0.3, 0.4) is 0 Å².